The maximum Gasteiger partial charge on any atom is 0.221 e. The van der Waals surface area contributed by atoms with Gasteiger partial charge in [-0.1, -0.05) is 28.1 Å². The molecule has 0 saturated heterocycles. The number of aromatic nitrogens is 1. The van der Waals surface area contributed by atoms with Crippen LogP contribution in [0.2, 0.25) is 0 Å². The predicted molar refractivity (Wildman–Crippen MR) is 65.3 cm³/mol. The van der Waals surface area contributed by atoms with Gasteiger partial charge in [0, 0.05) is 11.5 Å². The van der Waals surface area contributed by atoms with E-state index in [0.29, 0.717) is 4.90 Å². The van der Waals surface area contributed by atoms with Gasteiger partial charge >= 0.3 is 0 Å². The Kier molecular flexibility index (Phi) is 3.16. The zero-order valence-electron chi connectivity index (χ0n) is 8.35. The quantitative estimate of drug-likeness (QED) is 0.886. The molecule has 0 spiro atoms. The van der Waals surface area contributed by atoms with Gasteiger partial charge < -0.3 is 4.98 Å². The molecule has 1 aromatic carbocycles. The van der Waals surface area contributed by atoms with Crippen LogP contribution >= 0.6 is 15.9 Å². The Labute approximate surface area is 103 Å². The lowest BCUT2D eigenvalue weighted by atomic mass is 10.2. The van der Waals surface area contributed by atoms with Crippen LogP contribution in [0.1, 0.15) is 5.56 Å². The molecule has 2 aromatic rings. The molecule has 84 valence electrons. The van der Waals surface area contributed by atoms with Gasteiger partial charge in [-0.15, -0.1) is 0 Å². The number of halogens is 1. The molecule has 0 bridgehead atoms. The fraction of sp³-hybridized carbons (Fsp3) is 0.0909. The highest BCUT2D eigenvalue weighted by Crippen LogP contribution is 2.19. The fourth-order valence-corrected chi connectivity index (χ4v) is 2.97. The molecule has 0 atom stereocenters. The van der Waals surface area contributed by atoms with Crippen LogP contribution in [0.5, 0.6) is 0 Å². The number of nitrogens with one attached hydrogen (secondary N) is 1. The summed E-state index contributed by atoms with van der Waals surface area (Å²) in [6.07, 6.45) is 1.60. The molecule has 1 N–H and O–H groups in total. The summed E-state index contributed by atoms with van der Waals surface area (Å²) in [7, 11) is -3.39. The Balaban J connectivity index is 2.44. The maximum absolute atomic E-state index is 12.1. The zero-order chi connectivity index (χ0) is 11.6. The number of H-pyrrole nitrogens is 1. The Bertz CT molecular complexity index is 559. The third-order valence-electron chi connectivity index (χ3n) is 2.25. The van der Waals surface area contributed by atoms with Gasteiger partial charge in [0.2, 0.25) is 9.84 Å². The summed E-state index contributed by atoms with van der Waals surface area (Å²) < 4.78 is 24.1. The van der Waals surface area contributed by atoms with Gasteiger partial charge in [-0.3, -0.25) is 0 Å². The molecular formula is C11H10BrNO2S. The predicted octanol–water partition coefficient (Wildman–Crippen LogP) is 2.74. The number of benzene rings is 1. The first-order valence-electron chi connectivity index (χ1n) is 4.68. The van der Waals surface area contributed by atoms with E-state index in [9.17, 15) is 8.42 Å². The number of hydrogen-bond acceptors (Lipinski definition) is 2. The summed E-state index contributed by atoms with van der Waals surface area (Å²) in [5.74, 6) is 0. The van der Waals surface area contributed by atoms with E-state index in [1.54, 1.807) is 42.6 Å². The van der Waals surface area contributed by atoms with Crippen molar-refractivity contribution < 1.29 is 8.42 Å². The van der Waals surface area contributed by atoms with Crippen LogP contribution < -0.4 is 0 Å². The van der Waals surface area contributed by atoms with Crippen LogP contribution in [0.4, 0.5) is 0 Å². The molecule has 0 aliphatic rings. The molecule has 0 aliphatic carbocycles. The van der Waals surface area contributed by atoms with Gasteiger partial charge in [0.1, 0.15) is 5.03 Å². The molecule has 0 aliphatic heterocycles. The van der Waals surface area contributed by atoms with E-state index >= 15 is 0 Å². The second kappa shape index (κ2) is 4.43. The van der Waals surface area contributed by atoms with Gasteiger partial charge in [0.05, 0.1) is 4.90 Å². The summed E-state index contributed by atoms with van der Waals surface area (Å²) in [4.78, 5) is 3.01. The molecule has 0 fully saturated rings. The molecule has 1 heterocycles. The zero-order valence-corrected chi connectivity index (χ0v) is 10.8. The smallest absolute Gasteiger partial charge is 0.221 e. The van der Waals surface area contributed by atoms with E-state index in [1.165, 1.54) is 0 Å². The second-order valence-corrected chi connectivity index (χ2v) is 5.79. The average molecular weight is 300 g/mol. The minimum atomic E-state index is -3.39. The number of alkyl halides is 1. The second-order valence-electron chi connectivity index (χ2n) is 3.32. The Morgan fingerprint density at radius 2 is 1.81 bits per heavy atom. The van der Waals surface area contributed by atoms with E-state index in [-0.39, 0.29) is 5.03 Å². The van der Waals surface area contributed by atoms with Crippen molar-refractivity contribution in [3.8, 4) is 0 Å². The summed E-state index contributed by atoms with van der Waals surface area (Å²) >= 11 is 3.32. The van der Waals surface area contributed by atoms with Crippen molar-refractivity contribution in [1.82, 2.24) is 4.98 Å². The minimum Gasteiger partial charge on any atom is -0.352 e. The van der Waals surface area contributed by atoms with Crippen molar-refractivity contribution >= 4 is 25.8 Å². The average Bonchev–Trinajstić information content (AvgIpc) is 2.83. The van der Waals surface area contributed by atoms with Crippen LogP contribution in [0.15, 0.2) is 52.5 Å². The summed E-state index contributed by atoms with van der Waals surface area (Å²) in [6.45, 7) is 0. The monoisotopic (exact) mass is 299 g/mol. The molecule has 0 amide bonds. The number of hydrogen-bond donors (Lipinski definition) is 1. The lowest BCUT2D eigenvalue weighted by Gasteiger charge is -2.02. The fourth-order valence-electron chi connectivity index (χ4n) is 1.37. The summed E-state index contributed by atoms with van der Waals surface area (Å²) in [5, 5.41) is 0.939. The first kappa shape index (κ1) is 11.4. The normalized spacial score (nSPS) is 11.6. The third kappa shape index (κ3) is 2.05. The van der Waals surface area contributed by atoms with Gasteiger partial charge in [-0.2, -0.15) is 0 Å². The Hall–Kier alpha value is -1.07. The van der Waals surface area contributed by atoms with Crippen LogP contribution in [0, 0.1) is 0 Å². The first-order valence-corrected chi connectivity index (χ1v) is 7.28. The first-order chi connectivity index (χ1) is 7.64. The SMILES string of the molecule is O=S(=O)(c1ccc(CBr)cc1)c1ccc[nH]1. The lowest BCUT2D eigenvalue weighted by Crippen LogP contribution is -2.02. The van der Waals surface area contributed by atoms with Gasteiger partial charge in [-0.05, 0) is 29.8 Å². The number of sulfone groups is 1. The molecule has 3 nitrogen and oxygen atoms in total. The van der Waals surface area contributed by atoms with Crippen LogP contribution in [0.25, 0.3) is 0 Å². The van der Waals surface area contributed by atoms with Crippen LogP contribution in [0.3, 0.4) is 0 Å². The highest BCUT2D eigenvalue weighted by molar-refractivity contribution is 9.08. The third-order valence-corrected chi connectivity index (χ3v) is 4.62. The van der Waals surface area contributed by atoms with Crippen LogP contribution in [-0.4, -0.2) is 13.4 Å². The minimum absolute atomic E-state index is 0.221. The van der Waals surface area contributed by atoms with Crippen molar-refractivity contribution in [3.63, 3.8) is 0 Å². The van der Waals surface area contributed by atoms with Crippen molar-refractivity contribution in [1.29, 1.82) is 0 Å². The summed E-state index contributed by atoms with van der Waals surface area (Å²) in [6, 6.07) is 10.0. The highest BCUT2D eigenvalue weighted by Gasteiger charge is 2.17. The highest BCUT2D eigenvalue weighted by atomic mass is 79.9. The van der Waals surface area contributed by atoms with Gasteiger partial charge in [0.25, 0.3) is 0 Å². The molecule has 16 heavy (non-hydrogen) atoms. The summed E-state index contributed by atoms with van der Waals surface area (Å²) in [5.41, 5.74) is 1.05. The molecule has 0 radical (unpaired) electrons. The molecule has 2 rings (SSSR count). The largest absolute Gasteiger partial charge is 0.352 e. The number of aromatic amines is 1. The van der Waals surface area contributed by atoms with Gasteiger partial charge in [-0.25, -0.2) is 8.42 Å². The van der Waals surface area contributed by atoms with Crippen molar-refractivity contribution in [2.75, 3.05) is 0 Å². The van der Waals surface area contributed by atoms with E-state index in [1.807, 2.05) is 0 Å². The van der Waals surface area contributed by atoms with E-state index in [4.69, 9.17) is 0 Å². The van der Waals surface area contributed by atoms with E-state index in [0.717, 1.165) is 10.9 Å². The van der Waals surface area contributed by atoms with E-state index in [2.05, 4.69) is 20.9 Å². The van der Waals surface area contributed by atoms with E-state index < -0.39 is 9.84 Å². The van der Waals surface area contributed by atoms with Crippen molar-refractivity contribution in [3.05, 3.63) is 48.2 Å². The molecule has 5 heteroatoms. The Morgan fingerprint density at radius 1 is 1.12 bits per heavy atom. The molecular weight excluding hydrogens is 290 g/mol. The van der Waals surface area contributed by atoms with Crippen molar-refractivity contribution in [2.24, 2.45) is 0 Å². The topological polar surface area (TPSA) is 49.9 Å². The lowest BCUT2D eigenvalue weighted by molar-refractivity contribution is 0.593. The van der Waals surface area contributed by atoms with Crippen LogP contribution in [-0.2, 0) is 15.2 Å². The number of rotatable bonds is 3. The molecule has 1 aromatic heterocycles. The standard InChI is InChI=1S/C11H10BrNO2S/c12-8-9-3-5-10(6-4-9)16(14,15)11-2-1-7-13-11/h1-7,13H,8H2. The maximum atomic E-state index is 12.1. The molecule has 0 unspecified atom stereocenters. The van der Waals surface area contributed by atoms with Gasteiger partial charge in [0.15, 0.2) is 0 Å². The Morgan fingerprint density at radius 3 is 2.31 bits per heavy atom. The van der Waals surface area contributed by atoms with Crippen molar-refractivity contribution in [2.45, 2.75) is 15.3 Å². The molecule has 0 saturated carbocycles.